The molecular weight excluding hydrogens is 269 g/mol. The van der Waals surface area contributed by atoms with Gasteiger partial charge in [0.2, 0.25) is 0 Å². The molecule has 3 nitrogen and oxygen atoms in total. The minimum absolute atomic E-state index is 0.341. The maximum atomic E-state index is 12.5. The molecule has 2 rings (SSSR count). The van der Waals surface area contributed by atoms with Crippen LogP contribution in [-0.4, -0.2) is 12.1 Å². The molecule has 1 heterocycles. The molecule has 0 saturated carbocycles. The van der Waals surface area contributed by atoms with E-state index in [9.17, 15) is 13.2 Å². The van der Waals surface area contributed by atoms with E-state index in [1.54, 1.807) is 6.07 Å². The Labute approximate surface area is 113 Å². The smallest absolute Gasteiger partial charge is 0.417 e. The van der Waals surface area contributed by atoms with Crippen molar-refractivity contribution in [1.82, 2.24) is 4.98 Å². The number of benzene rings is 1. The molecule has 0 unspecified atom stereocenters. The van der Waals surface area contributed by atoms with Crippen LogP contribution in [0.3, 0.4) is 0 Å². The summed E-state index contributed by atoms with van der Waals surface area (Å²) in [4.78, 5) is 3.78. The van der Waals surface area contributed by atoms with Gasteiger partial charge < -0.3 is 4.74 Å². The van der Waals surface area contributed by atoms with Gasteiger partial charge >= 0.3 is 6.18 Å². The van der Waals surface area contributed by atoms with Crippen molar-refractivity contribution in [3.63, 3.8) is 0 Å². The van der Waals surface area contributed by atoms with Crippen molar-refractivity contribution >= 4 is 0 Å². The van der Waals surface area contributed by atoms with E-state index in [0.717, 1.165) is 12.3 Å². The van der Waals surface area contributed by atoms with Crippen LogP contribution in [0.5, 0.6) is 5.75 Å². The number of hydrogen-bond donors (Lipinski definition) is 0. The molecule has 0 bridgehead atoms. The van der Waals surface area contributed by atoms with Gasteiger partial charge in [0, 0.05) is 11.8 Å². The zero-order chi connectivity index (χ0) is 14.8. The van der Waals surface area contributed by atoms with Crippen LogP contribution in [0.25, 0.3) is 11.3 Å². The van der Waals surface area contributed by atoms with Gasteiger partial charge in [-0.1, -0.05) is 0 Å². The number of nitriles is 1. The predicted octanol–water partition coefficient (Wildman–Crippen LogP) is 3.65. The lowest BCUT2D eigenvalue weighted by Crippen LogP contribution is -2.05. The van der Waals surface area contributed by atoms with E-state index < -0.39 is 11.7 Å². The Hall–Kier alpha value is -2.55. The minimum atomic E-state index is -4.42. The number of rotatable bonds is 2. The van der Waals surface area contributed by atoms with Gasteiger partial charge in [-0.2, -0.15) is 18.4 Å². The Bertz CT molecular complexity index is 658. The van der Waals surface area contributed by atoms with Crippen molar-refractivity contribution in [1.29, 1.82) is 5.26 Å². The topological polar surface area (TPSA) is 45.9 Å². The summed E-state index contributed by atoms with van der Waals surface area (Å²) in [6.07, 6.45) is -3.65. The number of methoxy groups -OCH3 is 1. The Kier molecular flexibility index (Phi) is 3.61. The largest absolute Gasteiger partial charge is 0.497 e. The average Bonchev–Trinajstić information content (AvgIpc) is 2.46. The molecule has 0 fully saturated rings. The summed E-state index contributed by atoms with van der Waals surface area (Å²) >= 11 is 0. The van der Waals surface area contributed by atoms with Gasteiger partial charge in [0.25, 0.3) is 0 Å². The average molecular weight is 278 g/mol. The first-order valence-electron chi connectivity index (χ1n) is 5.57. The molecule has 1 aromatic carbocycles. The van der Waals surface area contributed by atoms with Gasteiger partial charge in [0.05, 0.1) is 30.0 Å². The van der Waals surface area contributed by atoms with Crippen LogP contribution in [-0.2, 0) is 6.18 Å². The summed E-state index contributed by atoms with van der Waals surface area (Å²) in [6, 6.07) is 8.86. The molecule has 0 radical (unpaired) electrons. The molecule has 20 heavy (non-hydrogen) atoms. The molecule has 0 atom stereocenters. The summed E-state index contributed by atoms with van der Waals surface area (Å²) in [6.45, 7) is 0. The molecule has 0 saturated heterocycles. The third kappa shape index (κ3) is 2.88. The van der Waals surface area contributed by atoms with Crippen LogP contribution < -0.4 is 4.74 Å². The maximum absolute atomic E-state index is 12.5. The first-order chi connectivity index (χ1) is 9.44. The summed E-state index contributed by atoms with van der Waals surface area (Å²) in [7, 11) is 1.44. The van der Waals surface area contributed by atoms with Crippen molar-refractivity contribution in [3.05, 3.63) is 47.7 Å². The number of hydrogen-bond acceptors (Lipinski definition) is 3. The molecule has 0 aliphatic rings. The second-order valence-electron chi connectivity index (χ2n) is 3.99. The summed E-state index contributed by atoms with van der Waals surface area (Å²) in [5.74, 6) is 0.445. The highest BCUT2D eigenvalue weighted by molar-refractivity contribution is 5.64. The van der Waals surface area contributed by atoms with Gasteiger partial charge in [-0.15, -0.1) is 0 Å². The van der Waals surface area contributed by atoms with E-state index in [-0.39, 0.29) is 0 Å². The number of aromatic nitrogens is 1. The maximum Gasteiger partial charge on any atom is 0.417 e. The number of pyridine rings is 1. The van der Waals surface area contributed by atoms with Crippen LogP contribution in [0.2, 0.25) is 0 Å². The standard InChI is InChI=1S/C14H9F3N2O/c1-20-12-5-9(7-18)4-10(6-12)13-3-2-11(8-19-13)14(15,16)17/h2-6,8H,1H3. The third-order valence-corrected chi connectivity index (χ3v) is 2.66. The first-order valence-corrected chi connectivity index (χ1v) is 5.57. The second-order valence-corrected chi connectivity index (χ2v) is 3.99. The van der Waals surface area contributed by atoms with E-state index >= 15 is 0 Å². The van der Waals surface area contributed by atoms with Gasteiger partial charge in [0.1, 0.15) is 5.75 Å². The molecule has 0 amide bonds. The monoisotopic (exact) mass is 278 g/mol. The lowest BCUT2D eigenvalue weighted by atomic mass is 10.1. The van der Waals surface area contributed by atoms with Gasteiger partial charge in [-0.3, -0.25) is 4.98 Å². The molecule has 1 aromatic heterocycles. The second kappa shape index (κ2) is 5.21. The van der Waals surface area contributed by atoms with E-state index in [0.29, 0.717) is 22.6 Å². The van der Waals surface area contributed by atoms with Crippen LogP contribution in [0, 0.1) is 11.3 Å². The molecule has 0 spiro atoms. The lowest BCUT2D eigenvalue weighted by Gasteiger charge is -2.08. The zero-order valence-electron chi connectivity index (χ0n) is 10.4. The van der Waals surface area contributed by atoms with Gasteiger partial charge in [-0.05, 0) is 30.3 Å². The van der Waals surface area contributed by atoms with E-state index in [2.05, 4.69) is 4.98 Å². The summed E-state index contributed by atoms with van der Waals surface area (Å²) in [5.41, 5.74) is 0.397. The number of nitrogens with zero attached hydrogens (tertiary/aromatic N) is 2. The van der Waals surface area contributed by atoms with Crippen molar-refractivity contribution < 1.29 is 17.9 Å². The third-order valence-electron chi connectivity index (χ3n) is 2.66. The molecule has 0 aliphatic carbocycles. The van der Waals surface area contributed by atoms with Gasteiger partial charge in [0.15, 0.2) is 0 Å². The van der Waals surface area contributed by atoms with Crippen molar-refractivity contribution in [2.45, 2.75) is 6.18 Å². The van der Waals surface area contributed by atoms with E-state index in [4.69, 9.17) is 10.00 Å². The Morgan fingerprint density at radius 1 is 1.20 bits per heavy atom. The van der Waals surface area contributed by atoms with Gasteiger partial charge in [-0.25, -0.2) is 0 Å². The van der Waals surface area contributed by atoms with Crippen LogP contribution in [0.1, 0.15) is 11.1 Å². The SMILES string of the molecule is COc1cc(C#N)cc(-c2ccc(C(F)(F)F)cn2)c1. The minimum Gasteiger partial charge on any atom is -0.497 e. The number of ether oxygens (including phenoxy) is 1. The Morgan fingerprint density at radius 3 is 2.45 bits per heavy atom. The molecule has 6 heteroatoms. The fraction of sp³-hybridized carbons (Fsp3) is 0.143. The van der Waals surface area contributed by atoms with Crippen LogP contribution in [0.15, 0.2) is 36.5 Å². The number of halogens is 3. The summed E-state index contributed by atoms with van der Waals surface area (Å²) in [5, 5.41) is 8.90. The normalized spacial score (nSPS) is 10.9. The highest BCUT2D eigenvalue weighted by Crippen LogP contribution is 2.30. The Balaban J connectivity index is 2.44. The molecule has 2 aromatic rings. The van der Waals surface area contributed by atoms with Crippen LogP contribution >= 0.6 is 0 Å². The molecule has 102 valence electrons. The van der Waals surface area contributed by atoms with E-state index in [1.807, 2.05) is 6.07 Å². The fourth-order valence-corrected chi connectivity index (χ4v) is 1.66. The van der Waals surface area contributed by atoms with Crippen LogP contribution in [0.4, 0.5) is 13.2 Å². The number of alkyl halides is 3. The first kappa shape index (κ1) is 13.9. The molecule has 0 N–H and O–H groups in total. The Morgan fingerprint density at radius 2 is 1.95 bits per heavy atom. The quantitative estimate of drug-likeness (QED) is 0.842. The molecular formula is C14H9F3N2O. The highest BCUT2D eigenvalue weighted by Gasteiger charge is 2.30. The van der Waals surface area contributed by atoms with Crippen molar-refractivity contribution in [3.8, 4) is 23.1 Å². The molecule has 0 aliphatic heterocycles. The predicted molar refractivity (Wildman–Crippen MR) is 65.9 cm³/mol. The fourth-order valence-electron chi connectivity index (χ4n) is 1.66. The van der Waals surface area contributed by atoms with Crippen molar-refractivity contribution in [2.24, 2.45) is 0 Å². The van der Waals surface area contributed by atoms with E-state index in [1.165, 1.54) is 25.3 Å². The van der Waals surface area contributed by atoms with Crippen molar-refractivity contribution in [2.75, 3.05) is 7.11 Å². The zero-order valence-corrected chi connectivity index (χ0v) is 10.4. The summed E-state index contributed by atoms with van der Waals surface area (Å²) < 4.78 is 42.4. The lowest BCUT2D eigenvalue weighted by molar-refractivity contribution is -0.137. The highest BCUT2D eigenvalue weighted by atomic mass is 19.4.